The molecule has 0 bridgehead atoms. The number of aromatic nitrogens is 2. The summed E-state index contributed by atoms with van der Waals surface area (Å²) in [5.41, 5.74) is 2.76. The molecule has 1 amide bonds. The summed E-state index contributed by atoms with van der Waals surface area (Å²) < 4.78 is 29.9. The fraction of sp³-hybridized carbons (Fsp3) is 0.130. The Hall–Kier alpha value is -3.54. The summed E-state index contributed by atoms with van der Waals surface area (Å²) >= 11 is 0. The molecule has 0 aliphatic rings. The van der Waals surface area contributed by atoms with Crippen molar-refractivity contribution in [3.63, 3.8) is 0 Å². The number of pyridine rings is 1. The molecule has 0 fully saturated rings. The number of benzene rings is 2. The lowest BCUT2D eigenvalue weighted by atomic mass is 10.1. The average Bonchev–Trinajstić information content (AvgIpc) is 3.06. The molecule has 2 aromatic heterocycles. The Morgan fingerprint density at radius 3 is 2.66 bits per heavy atom. The molecule has 4 nitrogen and oxygen atoms in total. The van der Waals surface area contributed by atoms with Gasteiger partial charge in [0.05, 0.1) is 0 Å². The topological polar surface area (TPSA) is 46.4 Å². The number of amides is 1. The zero-order valence-electron chi connectivity index (χ0n) is 15.8. The second-order valence-corrected chi connectivity index (χ2v) is 6.88. The molecule has 2 heterocycles. The molecule has 0 unspecified atom stereocenters. The molecule has 29 heavy (non-hydrogen) atoms. The highest BCUT2D eigenvalue weighted by Gasteiger charge is 2.20. The number of aryl methyl sites for hydroxylation is 2. The Bertz CT molecular complexity index is 1190. The summed E-state index contributed by atoms with van der Waals surface area (Å²) in [7, 11) is 0. The van der Waals surface area contributed by atoms with Gasteiger partial charge in [0.1, 0.15) is 17.2 Å². The maximum absolute atomic E-state index is 14.4. The number of hydrogen-bond acceptors (Lipinski definition) is 2. The van der Waals surface area contributed by atoms with Gasteiger partial charge in [0.15, 0.2) is 11.6 Å². The third-order valence-electron chi connectivity index (χ3n) is 4.73. The summed E-state index contributed by atoms with van der Waals surface area (Å²) in [6, 6.07) is 17.3. The lowest BCUT2D eigenvalue weighted by Crippen LogP contribution is -2.14. The van der Waals surface area contributed by atoms with Crippen LogP contribution in [0.5, 0.6) is 0 Å². The van der Waals surface area contributed by atoms with Crippen molar-refractivity contribution in [3.05, 3.63) is 89.6 Å². The molecule has 1 N–H and O–H groups in total. The van der Waals surface area contributed by atoms with Gasteiger partial charge in [-0.3, -0.25) is 9.20 Å². The zero-order valence-corrected chi connectivity index (χ0v) is 15.8. The van der Waals surface area contributed by atoms with Crippen LogP contribution in [0.3, 0.4) is 0 Å². The van der Waals surface area contributed by atoms with Gasteiger partial charge in [-0.2, -0.15) is 0 Å². The first-order chi connectivity index (χ1) is 14.0. The van der Waals surface area contributed by atoms with E-state index in [0.717, 1.165) is 17.2 Å². The van der Waals surface area contributed by atoms with Gasteiger partial charge in [-0.25, -0.2) is 13.8 Å². The molecule has 0 saturated carbocycles. The predicted molar refractivity (Wildman–Crippen MR) is 109 cm³/mol. The molecule has 0 aliphatic carbocycles. The first kappa shape index (κ1) is 18.8. The number of carbonyl (C=O) groups is 1. The molecular weight excluding hydrogens is 372 g/mol. The summed E-state index contributed by atoms with van der Waals surface area (Å²) in [5.74, 6) is -1.86. The number of imidazole rings is 1. The molecule has 2 aromatic carbocycles. The quantitative estimate of drug-likeness (QED) is 0.511. The van der Waals surface area contributed by atoms with Crippen molar-refractivity contribution in [3.8, 4) is 11.3 Å². The molecule has 0 atom stereocenters. The fourth-order valence-electron chi connectivity index (χ4n) is 3.24. The lowest BCUT2D eigenvalue weighted by molar-refractivity contribution is -0.116. The van der Waals surface area contributed by atoms with E-state index in [0.29, 0.717) is 17.9 Å². The maximum atomic E-state index is 14.4. The van der Waals surface area contributed by atoms with Gasteiger partial charge in [0.2, 0.25) is 5.91 Å². The Morgan fingerprint density at radius 1 is 1.07 bits per heavy atom. The smallest absolute Gasteiger partial charge is 0.225 e. The van der Waals surface area contributed by atoms with E-state index < -0.39 is 11.6 Å². The molecule has 0 saturated heterocycles. The highest BCUT2D eigenvalue weighted by molar-refractivity contribution is 5.94. The molecular formula is C23H19F2N3O. The van der Waals surface area contributed by atoms with Crippen LogP contribution in [0, 0.1) is 18.6 Å². The van der Waals surface area contributed by atoms with Crippen molar-refractivity contribution in [1.82, 2.24) is 9.38 Å². The van der Waals surface area contributed by atoms with Crippen LogP contribution in [0.15, 0.2) is 66.9 Å². The normalized spacial score (nSPS) is 11.0. The summed E-state index contributed by atoms with van der Waals surface area (Å²) in [6.07, 6.45) is 2.59. The lowest BCUT2D eigenvalue weighted by Gasteiger charge is -2.09. The van der Waals surface area contributed by atoms with Crippen LogP contribution in [-0.4, -0.2) is 15.3 Å². The van der Waals surface area contributed by atoms with Gasteiger partial charge in [-0.05, 0) is 48.7 Å². The van der Waals surface area contributed by atoms with Gasteiger partial charge in [-0.1, -0.05) is 36.4 Å². The predicted octanol–water partition coefficient (Wildman–Crippen LogP) is 5.16. The van der Waals surface area contributed by atoms with Crippen molar-refractivity contribution in [1.29, 1.82) is 0 Å². The first-order valence-electron chi connectivity index (χ1n) is 9.30. The molecule has 0 aliphatic heterocycles. The van der Waals surface area contributed by atoms with E-state index in [-0.39, 0.29) is 23.6 Å². The molecule has 6 heteroatoms. The number of hydrogen-bond donors (Lipinski definition) is 1. The minimum absolute atomic E-state index is 0.00436. The number of nitrogens with zero attached hydrogens (tertiary/aromatic N) is 2. The van der Waals surface area contributed by atoms with Crippen molar-refractivity contribution in [2.24, 2.45) is 0 Å². The second kappa shape index (κ2) is 7.83. The van der Waals surface area contributed by atoms with E-state index in [2.05, 4.69) is 10.3 Å². The number of halogens is 2. The maximum Gasteiger partial charge on any atom is 0.225 e. The zero-order chi connectivity index (χ0) is 20.4. The van der Waals surface area contributed by atoms with Crippen LogP contribution in [0.4, 0.5) is 14.6 Å². The minimum Gasteiger partial charge on any atom is -0.310 e. The van der Waals surface area contributed by atoms with Crippen molar-refractivity contribution < 1.29 is 13.6 Å². The van der Waals surface area contributed by atoms with Crippen molar-refractivity contribution in [2.45, 2.75) is 19.8 Å². The van der Waals surface area contributed by atoms with Crippen molar-refractivity contribution >= 4 is 17.4 Å². The van der Waals surface area contributed by atoms with Crippen LogP contribution < -0.4 is 5.32 Å². The van der Waals surface area contributed by atoms with Crippen LogP contribution >= 0.6 is 0 Å². The van der Waals surface area contributed by atoms with E-state index in [1.807, 2.05) is 49.4 Å². The van der Waals surface area contributed by atoms with Gasteiger partial charge >= 0.3 is 0 Å². The van der Waals surface area contributed by atoms with Crippen LogP contribution in [0.2, 0.25) is 0 Å². The minimum atomic E-state index is -0.993. The number of nitrogens with one attached hydrogen (secondary N) is 1. The molecule has 0 spiro atoms. The van der Waals surface area contributed by atoms with E-state index in [1.165, 1.54) is 12.1 Å². The van der Waals surface area contributed by atoms with Gasteiger partial charge in [-0.15, -0.1) is 0 Å². The number of fused-ring (bicyclic) bond motifs is 1. The Labute approximate surface area is 166 Å². The Balaban J connectivity index is 1.70. The third kappa shape index (κ3) is 3.87. The van der Waals surface area contributed by atoms with Crippen LogP contribution in [0.25, 0.3) is 16.9 Å². The molecule has 4 aromatic rings. The SMILES string of the molecule is Cc1ccn2c(NC(=O)CCc3ccccc3)c(-c3cccc(F)c3F)nc2c1. The number of carbonyl (C=O) groups excluding carboxylic acids is 1. The van der Waals surface area contributed by atoms with Crippen LogP contribution in [-0.2, 0) is 11.2 Å². The molecule has 4 rings (SSSR count). The van der Waals surface area contributed by atoms with Gasteiger partial charge in [0, 0.05) is 18.2 Å². The first-order valence-corrected chi connectivity index (χ1v) is 9.30. The Kier molecular flexibility index (Phi) is 5.08. The van der Waals surface area contributed by atoms with E-state index >= 15 is 0 Å². The van der Waals surface area contributed by atoms with Crippen LogP contribution in [0.1, 0.15) is 17.5 Å². The van der Waals surface area contributed by atoms with E-state index in [9.17, 15) is 13.6 Å². The number of rotatable bonds is 5. The summed E-state index contributed by atoms with van der Waals surface area (Å²) in [4.78, 5) is 17.1. The van der Waals surface area contributed by atoms with E-state index in [4.69, 9.17) is 0 Å². The summed E-state index contributed by atoms with van der Waals surface area (Å²) in [6.45, 7) is 1.91. The standard InChI is InChI=1S/C23H19F2N3O/c1-15-12-13-28-19(14-15)26-22(17-8-5-9-18(24)21(17)25)23(28)27-20(29)11-10-16-6-3-2-4-7-16/h2-9,12-14H,10-11H2,1H3,(H,27,29). The monoisotopic (exact) mass is 391 g/mol. The largest absolute Gasteiger partial charge is 0.310 e. The second-order valence-electron chi connectivity index (χ2n) is 6.88. The average molecular weight is 391 g/mol. The van der Waals surface area contributed by atoms with Gasteiger partial charge in [0.25, 0.3) is 0 Å². The summed E-state index contributed by atoms with van der Waals surface area (Å²) in [5, 5.41) is 2.84. The third-order valence-corrected chi connectivity index (χ3v) is 4.73. The molecule has 146 valence electrons. The number of anilines is 1. The highest BCUT2D eigenvalue weighted by atomic mass is 19.2. The molecule has 0 radical (unpaired) electrons. The van der Waals surface area contributed by atoms with Crippen molar-refractivity contribution in [2.75, 3.05) is 5.32 Å². The van der Waals surface area contributed by atoms with Gasteiger partial charge < -0.3 is 5.32 Å². The highest BCUT2D eigenvalue weighted by Crippen LogP contribution is 2.32. The Morgan fingerprint density at radius 2 is 1.86 bits per heavy atom. The fourth-order valence-corrected chi connectivity index (χ4v) is 3.24. The van der Waals surface area contributed by atoms with E-state index in [1.54, 1.807) is 10.6 Å².